The third-order valence-electron chi connectivity index (χ3n) is 5.17. The third-order valence-corrected chi connectivity index (χ3v) is 5.17. The van der Waals surface area contributed by atoms with E-state index >= 15 is 0 Å². The molecule has 1 atom stereocenters. The molecule has 1 saturated heterocycles. The number of quaternary nitrogens is 1. The molecule has 2 aromatic rings. The number of ether oxygens (including phenoxy) is 1. The number of amides is 1. The van der Waals surface area contributed by atoms with E-state index in [1.165, 1.54) is 24.1 Å². The van der Waals surface area contributed by atoms with Crippen LogP contribution in [-0.2, 0) is 4.79 Å². The molecule has 1 aliphatic rings. The largest absolute Gasteiger partial charge is 0.484 e. The Morgan fingerprint density at radius 1 is 1.07 bits per heavy atom. The van der Waals surface area contributed by atoms with E-state index in [1.807, 2.05) is 44.4 Å². The van der Waals surface area contributed by atoms with Crippen LogP contribution in [0.3, 0.4) is 0 Å². The molecule has 144 valence electrons. The number of nitrogens with one attached hydrogen (secondary N) is 2. The molecule has 0 radical (unpaired) electrons. The number of nitrogens with zero attached hydrogens (tertiary/aromatic N) is 1. The van der Waals surface area contributed by atoms with E-state index in [2.05, 4.69) is 34.5 Å². The Bertz CT molecular complexity index is 710. The smallest absolute Gasteiger partial charge is 0.258 e. The number of rotatable bonds is 8. The number of carbonyl (C=O) groups is 1. The molecule has 0 unspecified atom stereocenters. The van der Waals surface area contributed by atoms with E-state index in [9.17, 15) is 4.79 Å². The van der Waals surface area contributed by atoms with Gasteiger partial charge in [0.15, 0.2) is 6.61 Å². The van der Waals surface area contributed by atoms with Gasteiger partial charge in [-0.05, 0) is 24.3 Å². The van der Waals surface area contributed by atoms with Crippen molar-refractivity contribution in [2.75, 3.05) is 45.2 Å². The highest BCUT2D eigenvalue weighted by molar-refractivity contribution is 5.77. The van der Waals surface area contributed by atoms with Gasteiger partial charge in [-0.25, -0.2) is 0 Å². The first-order valence-electron chi connectivity index (χ1n) is 9.70. The summed E-state index contributed by atoms with van der Waals surface area (Å²) in [6.45, 7) is 3.01. The second kappa shape index (κ2) is 9.42. The zero-order valence-electron chi connectivity index (χ0n) is 16.3. The first kappa shape index (κ1) is 19.2. The van der Waals surface area contributed by atoms with Crippen molar-refractivity contribution in [3.8, 4) is 5.75 Å². The minimum Gasteiger partial charge on any atom is -0.484 e. The number of carbonyl (C=O) groups excluding carboxylic acids is 1. The van der Waals surface area contributed by atoms with Gasteiger partial charge in [0.2, 0.25) is 0 Å². The minimum absolute atomic E-state index is 0.0473. The van der Waals surface area contributed by atoms with Crippen molar-refractivity contribution < 1.29 is 14.4 Å². The molecule has 2 aromatic carbocycles. The molecule has 1 heterocycles. The molecule has 27 heavy (non-hydrogen) atoms. The Morgan fingerprint density at radius 3 is 2.37 bits per heavy atom. The number of anilines is 1. The maximum Gasteiger partial charge on any atom is 0.258 e. The van der Waals surface area contributed by atoms with Crippen molar-refractivity contribution in [2.45, 2.75) is 18.9 Å². The summed E-state index contributed by atoms with van der Waals surface area (Å²) in [5, 5.41) is 3.07. The molecule has 0 aromatic heterocycles. The predicted octanol–water partition coefficient (Wildman–Crippen LogP) is 1.67. The van der Waals surface area contributed by atoms with E-state index in [4.69, 9.17) is 4.74 Å². The second-order valence-electron chi connectivity index (χ2n) is 7.31. The zero-order valence-corrected chi connectivity index (χ0v) is 16.3. The molecule has 1 fully saturated rings. The van der Waals surface area contributed by atoms with Crippen LogP contribution in [0.1, 0.15) is 24.4 Å². The normalized spacial score (nSPS) is 15.3. The van der Waals surface area contributed by atoms with Gasteiger partial charge >= 0.3 is 0 Å². The van der Waals surface area contributed by atoms with E-state index in [0.29, 0.717) is 12.3 Å². The fraction of sp³-hybridized carbons (Fsp3) is 0.409. The summed E-state index contributed by atoms with van der Waals surface area (Å²) in [5.41, 5.74) is 2.47. The summed E-state index contributed by atoms with van der Waals surface area (Å²) < 4.78 is 5.55. The molecule has 2 N–H and O–H groups in total. The maximum absolute atomic E-state index is 12.3. The van der Waals surface area contributed by atoms with Gasteiger partial charge in [0.1, 0.15) is 11.8 Å². The molecule has 1 amide bonds. The highest BCUT2D eigenvalue weighted by atomic mass is 16.5. The topological polar surface area (TPSA) is 46.0 Å². The van der Waals surface area contributed by atoms with Gasteiger partial charge in [-0.2, -0.15) is 0 Å². The van der Waals surface area contributed by atoms with Gasteiger partial charge in [-0.1, -0.05) is 30.3 Å². The SMILES string of the molecule is CN(C)c1ccc([C@@H](CNC(=O)COc2ccccc2)[NH+]2CCCC2)cc1. The lowest BCUT2D eigenvalue weighted by Crippen LogP contribution is -3.11. The quantitative estimate of drug-likeness (QED) is 0.745. The Balaban J connectivity index is 1.59. The van der Waals surface area contributed by atoms with Crippen LogP contribution in [0.5, 0.6) is 5.75 Å². The fourth-order valence-electron chi connectivity index (χ4n) is 3.61. The van der Waals surface area contributed by atoms with Crippen molar-refractivity contribution in [3.05, 3.63) is 60.2 Å². The lowest BCUT2D eigenvalue weighted by molar-refractivity contribution is -0.918. The van der Waals surface area contributed by atoms with Crippen molar-refractivity contribution in [1.29, 1.82) is 0 Å². The number of hydrogen-bond acceptors (Lipinski definition) is 3. The Labute approximate surface area is 161 Å². The van der Waals surface area contributed by atoms with Crippen molar-refractivity contribution in [3.63, 3.8) is 0 Å². The van der Waals surface area contributed by atoms with Crippen molar-refractivity contribution in [1.82, 2.24) is 5.32 Å². The first-order chi connectivity index (χ1) is 13.1. The van der Waals surface area contributed by atoms with Gasteiger partial charge in [-0.3, -0.25) is 4.79 Å². The van der Waals surface area contributed by atoms with Crippen LogP contribution in [-0.4, -0.2) is 46.2 Å². The van der Waals surface area contributed by atoms with Crippen molar-refractivity contribution >= 4 is 11.6 Å². The predicted molar refractivity (Wildman–Crippen MR) is 108 cm³/mol. The minimum atomic E-state index is -0.0765. The molecule has 0 bridgehead atoms. The highest BCUT2D eigenvalue weighted by Crippen LogP contribution is 2.17. The molecule has 3 rings (SSSR count). The Morgan fingerprint density at radius 2 is 1.74 bits per heavy atom. The fourth-order valence-corrected chi connectivity index (χ4v) is 3.61. The average molecular weight is 369 g/mol. The number of benzene rings is 2. The standard InChI is InChI=1S/C22H29N3O2/c1-24(2)19-12-10-18(11-13-19)21(25-14-6-7-15-25)16-23-22(26)17-27-20-8-4-3-5-9-20/h3-5,8-13,21H,6-7,14-17H2,1-2H3,(H,23,26)/p+1/t21-/m1/s1. The van der Waals surface area contributed by atoms with Gasteiger partial charge < -0.3 is 19.9 Å². The van der Waals surface area contributed by atoms with E-state index < -0.39 is 0 Å². The van der Waals surface area contributed by atoms with Crippen LogP contribution < -0.4 is 19.9 Å². The van der Waals surface area contributed by atoms with Crippen LogP contribution in [0.15, 0.2) is 54.6 Å². The average Bonchev–Trinajstić information content (AvgIpc) is 3.22. The summed E-state index contributed by atoms with van der Waals surface area (Å²) in [6, 6.07) is 18.4. The summed E-state index contributed by atoms with van der Waals surface area (Å²) in [7, 11) is 4.09. The lowest BCUT2D eigenvalue weighted by Gasteiger charge is -2.26. The molecule has 0 aliphatic carbocycles. The monoisotopic (exact) mass is 368 g/mol. The highest BCUT2D eigenvalue weighted by Gasteiger charge is 2.27. The van der Waals surface area contributed by atoms with Crippen LogP contribution in [0, 0.1) is 0 Å². The molecule has 0 saturated carbocycles. The van der Waals surface area contributed by atoms with Gasteiger partial charge in [0.25, 0.3) is 5.91 Å². The van der Waals surface area contributed by atoms with E-state index in [0.717, 1.165) is 13.1 Å². The molecule has 1 aliphatic heterocycles. The van der Waals surface area contributed by atoms with Crippen LogP contribution in [0.2, 0.25) is 0 Å². The third kappa shape index (κ3) is 5.47. The van der Waals surface area contributed by atoms with Gasteiger partial charge in [0, 0.05) is 38.2 Å². The van der Waals surface area contributed by atoms with Crippen LogP contribution in [0.25, 0.3) is 0 Å². The van der Waals surface area contributed by atoms with Crippen LogP contribution in [0.4, 0.5) is 5.69 Å². The summed E-state index contributed by atoms with van der Waals surface area (Å²) >= 11 is 0. The second-order valence-corrected chi connectivity index (χ2v) is 7.31. The summed E-state index contributed by atoms with van der Waals surface area (Å²) in [5.74, 6) is 0.640. The Hall–Kier alpha value is -2.53. The van der Waals surface area contributed by atoms with E-state index in [-0.39, 0.29) is 18.6 Å². The number of para-hydroxylation sites is 1. The van der Waals surface area contributed by atoms with Crippen molar-refractivity contribution in [2.24, 2.45) is 0 Å². The molecule has 5 nitrogen and oxygen atoms in total. The molecule has 5 heteroatoms. The molecule has 0 spiro atoms. The zero-order chi connectivity index (χ0) is 19.1. The van der Waals surface area contributed by atoms with Gasteiger partial charge in [0.05, 0.1) is 19.6 Å². The number of likely N-dealkylation sites (tertiary alicyclic amines) is 1. The lowest BCUT2D eigenvalue weighted by atomic mass is 10.0. The molecular formula is C22H30N3O2+. The molecular weight excluding hydrogens is 338 g/mol. The van der Waals surface area contributed by atoms with Crippen LogP contribution >= 0.6 is 0 Å². The maximum atomic E-state index is 12.3. The summed E-state index contributed by atoms with van der Waals surface area (Å²) in [6.07, 6.45) is 2.51. The summed E-state index contributed by atoms with van der Waals surface area (Å²) in [4.78, 5) is 15.9. The first-order valence-corrected chi connectivity index (χ1v) is 9.70. The Kier molecular flexibility index (Phi) is 6.71. The van der Waals surface area contributed by atoms with E-state index in [1.54, 1.807) is 4.90 Å². The number of hydrogen-bond donors (Lipinski definition) is 2. The van der Waals surface area contributed by atoms with Gasteiger partial charge in [-0.15, -0.1) is 0 Å².